The van der Waals surface area contributed by atoms with E-state index in [-0.39, 0.29) is 28.9 Å². The van der Waals surface area contributed by atoms with Crippen LogP contribution in [0, 0.1) is 0 Å². The number of hydrogen-bond donors (Lipinski definition) is 0. The molecule has 0 unspecified atom stereocenters. The first-order valence-corrected chi connectivity index (χ1v) is 6.68. The average Bonchev–Trinajstić information content (AvgIpc) is 2.13. The minimum atomic E-state index is -4.31. The molecular weight excluding hydrogens is 317 g/mol. The highest BCUT2D eigenvalue weighted by molar-refractivity contribution is 9.08. The van der Waals surface area contributed by atoms with Gasteiger partial charge in [0.25, 0.3) is 0 Å². The normalized spacial score (nSPS) is 11.6. The van der Waals surface area contributed by atoms with E-state index in [0.29, 0.717) is 10.9 Å². The van der Waals surface area contributed by atoms with Crippen LogP contribution in [-0.4, -0.2) is 11.3 Å². The molecule has 94 valence electrons. The number of alkyl halides is 4. The van der Waals surface area contributed by atoms with Crippen molar-refractivity contribution >= 4 is 33.5 Å². The molecule has 1 nitrogen and oxygen atoms in total. The van der Waals surface area contributed by atoms with Gasteiger partial charge < -0.3 is 0 Å². The second-order valence-corrected chi connectivity index (χ2v) is 5.24. The van der Waals surface area contributed by atoms with E-state index in [1.165, 1.54) is 19.1 Å². The number of hydrogen-bond acceptors (Lipinski definition) is 2. The largest absolute Gasteiger partial charge is 0.446 e. The van der Waals surface area contributed by atoms with Crippen molar-refractivity contribution in [2.24, 2.45) is 0 Å². The number of benzene rings is 1. The van der Waals surface area contributed by atoms with Crippen LogP contribution >= 0.6 is 27.7 Å². The van der Waals surface area contributed by atoms with E-state index in [9.17, 15) is 18.0 Å². The molecular formula is C11H10BrF3OS. The summed E-state index contributed by atoms with van der Waals surface area (Å²) in [4.78, 5) is 11.1. The summed E-state index contributed by atoms with van der Waals surface area (Å²) >= 11 is 3.04. The summed E-state index contributed by atoms with van der Waals surface area (Å²) in [5, 5.41) is 0.462. The topological polar surface area (TPSA) is 17.1 Å². The maximum absolute atomic E-state index is 12.3. The predicted octanol–water partition coefficient (Wildman–Crippen LogP) is 4.32. The third-order valence-corrected chi connectivity index (χ3v) is 3.22. The first-order chi connectivity index (χ1) is 7.80. The van der Waals surface area contributed by atoms with E-state index in [4.69, 9.17) is 0 Å². The van der Waals surface area contributed by atoms with Crippen LogP contribution in [0.25, 0.3) is 0 Å². The zero-order valence-corrected chi connectivity index (χ0v) is 11.4. The zero-order valence-electron chi connectivity index (χ0n) is 8.97. The van der Waals surface area contributed by atoms with Gasteiger partial charge in [0.05, 0.1) is 0 Å². The molecule has 17 heavy (non-hydrogen) atoms. The highest BCUT2D eigenvalue weighted by Gasteiger charge is 2.29. The maximum Gasteiger partial charge on any atom is 0.446 e. The Bertz CT molecular complexity index is 418. The molecule has 0 aliphatic carbocycles. The summed E-state index contributed by atoms with van der Waals surface area (Å²) in [7, 11) is 0. The van der Waals surface area contributed by atoms with Gasteiger partial charge in [-0.2, -0.15) is 13.2 Å². The van der Waals surface area contributed by atoms with Gasteiger partial charge >= 0.3 is 5.51 Å². The van der Waals surface area contributed by atoms with Crippen LogP contribution in [0.5, 0.6) is 0 Å². The summed E-state index contributed by atoms with van der Waals surface area (Å²) < 4.78 is 36.8. The van der Waals surface area contributed by atoms with Crippen molar-refractivity contribution in [3.8, 4) is 0 Å². The lowest BCUT2D eigenvalue weighted by Gasteiger charge is -2.09. The third-order valence-electron chi connectivity index (χ3n) is 1.87. The molecule has 0 aromatic heterocycles. The Labute approximate surface area is 110 Å². The van der Waals surface area contributed by atoms with Gasteiger partial charge in [0.1, 0.15) is 5.78 Å². The van der Waals surface area contributed by atoms with Crippen molar-refractivity contribution in [3.63, 3.8) is 0 Å². The summed E-state index contributed by atoms with van der Waals surface area (Å²) in [6.45, 7) is 1.41. The maximum atomic E-state index is 12.3. The summed E-state index contributed by atoms with van der Waals surface area (Å²) in [6.07, 6.45) is 0.159. The smallest absolute Gasteiger partial charge is 0.300 e. The molecule has 0 radical (unpaired) electrons. The Morgan fingerprint density at radius 2 is 1.88 bits per heavy atom. The van der Waals surface area contributed by atoms with Crippen molar-refractivity contribution in [3.05, 3.63) is 29.3 Å². The van der Waals surface area contributed by atoms with Gasteiger partial charge in [0.2, 0.25) is 0 Å². The number of thioether (sulfide) groups is 1. The molecule has 0 N–H and O–H groups in total. The Hall–Kier alpha value is -0.490. The molecule has 0 heterocycles. The fraction of sp³-hybridized carbons (Fsp3) is 0.364. The zero-order chi connectivity index (χ0) is 13.1. The van der Waals surface area contributed by atoms with Crippen LogP contribution in [-0.2, 0) is 16.5 Å². The first kappa shape index (κ1) is 14.6. The van der Waals surface area contributed by atoms with Gasteiger partial charge in [-0.25, -0.2) is 0 Å². The molecule has 0 atom stereocenters. The molecule has 0 saturated heterocycles. The number of halogens is 4. The van der Waals surface area contributed by atoms with Gasteiger partial charge in [0, 0.05) is 16.6 Å². The molecule has 0 aliphatic heterocycles. The van der Waals surface area contributed by atoms with Crippen molar-refractivity contribution in [1.29, 1.82) is 0 Å². The quantitative estimate of drug-likeness (QED) is 0.605. The monoisotopic (exact) mass is 326 g/mol. The number of carbonyl (C=O) groups is 1. The van der Waals surface area contributed by atoms with Crippen molar-refractivity contribution in [2.75, 3.05) is 0 Å². The second-order valence-electron chi connectivity index (χ2n) is 3.55. The molecule has 1 aromatic carbocycles. The highest BCUT2D eigenvalue weighted by Crippen LogP contribution is 2.37. The number of rotatable bonds is 4. The predicted molar refractivity (Wildman–Crippen MR) is 65.4 cm³/mol. The number of ketones is 1. The molecule has 6 heteroatoms. The first-order valence-electron chi connectivity index (χ1n) is 4.74. The summed E-state index contributed by atoms with van der Waals surface area (Å²) in [6, 6.07) is 4.61. The molecule has 0 aliphatic rings. The van der Waals surface area contributed by atoms with E-state index < -0.39 is 5.51 Å². The Morgan fingerprint density at radius 3 is 2.35 bits per heavy atom. The van der Waals surface area contributed by atoms with Gasteiger partial charge in [-0.15, -0.1) is 0 Å². The molecule has 1 rings (SSSR count). The lowest BCUT2D eigenvalue weighted by molar-refractivity contribution is -0.116. The fourth-order valence-corrected chi connectivity index (χ4v) is 2.40. The minimum Gasteiger partial charge on any atom is -0.300 e. The van der Waals surface area contributed by atoms with E-state index in [1.807, 2.05) is 0 Å². The number of carbonyl (C=O) groups excluding carboxylic acids is 1. The molecule has 0 spiro atoms. The van der Waals surface area contributed by atoms with Crippen LogP contribution < -0.4 is 0 Å². The van der Waals surface area contributed by atoms with Crippen molar-refractivity contribution in [1.82, 2.24) is 0 Å². The lowest BCUT2D eigenvalue weighted by Crippen LogP contribution is -2.01. The average molecular weight is 327 g/mol. The Morgan fingerprint density at radius 1 is 1.29 bits per heavy atom. The third kappa shape index (κ3) is 5.59. The second kappa shape index (κ2) is 5.91. The van der Waals surface area contributed by atoms with E-state index in [0.717, 1.165) is 5.56 Å². The molecule has 0 saturated carbocycles. The van der Waals surface area contributed by atoms with Crippen LogP contribution in [0.4, 0.5) is 13.2 Å². The Balaban J connectivity index is 3.00. The Kier molecular flexibility index (Phi) is 5.06. The molecule has 1 aromatic rings. The highest BCUT2D eigenvalue weighted by atomic mass is 79.9. The van der Waals surface area contributed by atoms with Crippen LogP contribution in [0.15, 0.2) is 23.1 Å². The molecule has 0 bridgehead atoms. The minimum absolute atomic E-state index is 0.0697. The van der Waals surface area contributed by atoms with Gasteiger partial charge in [-0.3, -0.25) is 4.79 Å². The van der Waals surface area contributed by atoms with Crippen LogP contribution in [0.3, 0.4) is 0 Å². The summed E-state index contributed by atoms with van der Waals surface area (Å²) in [5.74, 6) is -0.0697. The van der Waals surface area contributed by atoms with E-state index >= 15 is 0 Å². The van der Waals surface area contributed by atoms with Gasteiger partial charge in [-0.1, -0.05) is 22.0 Å². The van der Waals surface area contributed by atoms with Gasteiger partial charge in [-0.05, 0) is 41.9 Å². The fourth-order valence-electron chi connectivity index (χ4n) is 1.39. The van der Waals surface area contributed by atoms with E-state index in [2.05, 4.69) is 15.9 Å². The standard InChI is InChI=1S/C11H10BrF3OS/c1-7(16)2-8-3-9(6-12)5-10(4-8)17-11(13,14)15/h3-5H,2,6H2,1H3. The van der Waals surface area contributed by atoms with E-state index in [1.54, 1.807) is 6.07 Å². The SMILES string of the molecule is CC(=O)Cc1cc(CBr)cc(SC(F)(F)F)c1. The van der Waals surface area contributed by atoms with Crippen molar-refractivity contribution in [2.45, 2.75) is 29.1 Å². The summed E-state index contributed by atoms with van der Waals surface area (Å²) in [5.41, 5.74) is -2.96. The van der Waals surface area contributed by atoms with Crippen molar-refractivity contribution < 1.29 is 18.0 Å². The molecule has 0 fully saturated rings. The van der Waals surface area contributed by atoms with Crippen LogP contribution in [0.2, 0.25) is 0 Å². The van der Waals surface area contributed by atoms with Gasteiger partial charge in [0.15, 0.2) is 0 Å². The molecule has 0 amide bonds. The lowest BCUT2D eigenvalue weighted by atomic mass is 10.1. The number of Topliss-reactive ketones (excluding diaryl/α,β-unsaturated/α-hetero) is 1. The van der Waals surface area contributed by atoms with Crippen LogP contribution in [0.1, 0.15) is 18.1 Å².